The van der Waals surface area contributed by atoms with Gasteiger partial charge in [-0.3, -0.25) is 0 Å². The van der Waals surface area contributed by atoms with Gasteiger partial charge in [0, 0.05) is 43.7 Å². The van der Waals surface area contributed by atoms with Crippen molar-refractivity contribution in [3.63, 3.8) is 0 Å². The lowest BCUT2D eigenvalue weighted by molar-refractivity contribution is 0.410. The molecule has 1 aliphatic rings. The summed E-state index contributed by atoms with van der Waals surface area (Å²) in [6.45, 7) is 4.19. The molecule has 0 unspecified atom stereocenters. The van der Waals surface area contributed by atoms with Crippen molar-refractivity contribution in [1.82, 2.24) is 10.3 Å². The second-order valence-electron chi connectivity index (χ2n) is 6.67. The first-order valence-corrected chi connectivity index (χ1v) is 9.50. The van der Waals surface area contributed by atoms with Crippen molar-refractivity contribution in [3.05, 3.63) is 53.1 Å². The molecule has 8 heteroatoms. The molecule has 4 rings (SSSR count). The Balaban J connectivity index is 0.00000150. The predicted octanol–water partition coefficient (Wildman–Crippen LogP) is 4.28. The van der Waals surface area contributed by atoms with Crippen LogP contribution in [0.2, 0.25) is 5.02 Å². The molecule has 1 aromatic heterocycles. The number of nitrogens with two attached hydrogens (primary N) is 1. The second kappa shape index (κ2) is 10.3. The smallest absolute Gasteiger partial charge is 0.148 e. The number of rotatable bonds is 4. The van der Waals surface area contributed by atoms with Gasteiger partial charge in [-0.05, 0) is 41.5 Å². The van der Waals surface area contributed by atoms with Crippen LogP contribution in [0.25, 0.3) is 22.0 Å². The highest BCUT2D eigenvalue weighted by Crippen LogP contribution is 2.32. The molecular formula is C21H25Cl3N4O. The van der Waals surface area contributed by atoms with E-state index in [4.69, 9.17) is 27.1 Å². The number of hydrogen-bond donors (Lipinski definition) is 2. The molecule has 1 fully saturated rings. The van der Waals surface area contributed by atoms with E-state index in [9.17, 15) is 0 Å². The lowest BCUT2D eigenvalue weighted by Crippen LogP contribution is -2.44. The van der Waals surface area contributed by atoms with Crippen molar-refractivity contribution in [2.24, 2.45) is 5.73 Å². The van der Waals surface area contributed by atoms with Gasteiger partial charge in [-0.2, -0.15) is 0 Å². The van der Waals surface area contributed by atoms with Crippen LogP contribution in [0.3, 0.4) is 0 Å². The number of nitrogens with one attached hydrogen (secondary N) is 1. The van der Waals surface area contributed by atoms with Crippen LogP contribution in [0.15, 0.2) is 42.5 Å². The molecule has 0 spiro atoms. The van der Waals surface area contributed by atoms with Gasteiger partial charge in [0.2, 0.25) is 0 Å². The van der Waals surface area contributed by atoms with Crippen LogP contribution in [0.4, 0.5) is 5.82 Å². The number of aromatic nitrogens is 1. The first-order valence-electron chi connectivity index (χ1n) is 9.13. The predicted molar refractivity (Wildman–Crippen MR) is 126 cm³/mol. The fourth-order valence-corrected chi connectivity index (χ4v) is 3.82. The van der Waals surface area contributed by atoms with Crippen molar-refractivity contribution in [2.45, 2.75) is 6.54 Å². The zero-order valence-corrected chi connectivity index (χ0v) is 18.5. The summed E-state index contributed by atoms with van der Waals surface area (Å²) >= 11 is 6.56. The number of halogens is 3. The Bertz CT molecular complexity index is 978. The average molecular weight is 456 g/mol. The summed E-state index contributed by atoms with van der Waals surface area (Å²) in [7, 11) is 1.66. The molecule has 2 heterocycles. The second-order valence-corrected chi connectivity index (χ2v) is 7.08. The highest BCUT2D eigenvalue weighted by atomic mass is 35.5. The van der Waals surface area contributed by atoms with Gasteiger partial charge in [0.15, 0.2) is 0 Å². The third-order valence-corrected chi connectivity index (χ3v) is 5.28. The third-order valence-electron chi connectivity index (χ3n) is 5.00. The van der Waals surface area contributed by atoms with Gasteiger partial charge in [0.25, 0.3) is 0 Å². The Kier molecular flexibility index (Phi) is 8.37. The first kappa shape index (κ1) is 23.5. The van der Waals surface area contributed by atoms with E-state index in [1.807, 2.05) is 18.2 Å². The van der Waals surface area contributed by atoms with Crippen LogP contribution in [-0.4, -0.2) is 38.3 Å². The Hall–Kier alpha value is -1.76. The molecule has 5 nitrogen and oxygen atoms in total. The first-order chi connectivity index (χ1) is 13.2. The summed E-state index contributed by atoms with van der Waals surface area (Å²) in [5.74, 6) is 1.68. The van der Waals surface area contributed by atoms with Crippen LogP contribution >= 0.6 is 36.4 Å². The van der Waals surface area contributed by atoms with E-state index < -0.39 is 0 Å². The van der Waals surface area contributed by atoms with Gasteiger partial charge >= 0.3 is 0 Å². The number of anilines is 1. The number of nitrogens with zero attached hydrogens (tertiary/aromatic N) is 2. The monoisotopic (exact) mass is 454 g/mol. The summed E-state index contributed by atoms with van der Waals surface area (Å²) in [6, 6.07) is 14.4. The average Bonchev–Trinajstić information content (AvgIpc) is 2.73. The summed E-state index contributed by atoms with van der Waals surface area (Å²) in [5.41, 5.74) is 9.99. The molecule has 1 aliphatic heterocycles. The van der Waals surface area contributed by atoms with Gasteiger partial charge < -0.3 is 20.7 Å². The van der Waals surface area contributed by atoms with E-state index in [0.717, 1.165) is 65.3 Å². The van der Waals surface area contributed by atoms with E-state index in [1.54, 1.807) is 7.11 Å². The maximum absolute atomic E-state index is 6.56. The minimum Gasteiger partial charge on any atom is -0.496 e. The van der Waals surface area contributed by atoms with Gasteiger partial charge in [-0.15, -0.1) is 24.8 Å². The van der Waals surface area contributed by atoms with Crippen LogP contribution in [0.5, 0.6) is 5.75 Å². The number of piperazine rings is 1. The summed E-state index contributed by atoms with van der Waals surface area (Å²) in [5, 5.41) is 5.08. The maximum Gasteiger partial charge on any atom is 0.148 e. The Morgan fingerprint density at radius 1 is 1.07 bits per heavy atom. The SMILES string of the molecule is COc1ccc(-c2ccc3nc(N4CCNCC4)c(Cl)cc3c2)cc1CN.Cl.Cl. The minimum absolute atomic E-state index is 0. The van der Waals surface area contributed by atoms with Crippen molar-refractivity contribution in [1.29, 1.82) is 0 Å². The fraction of sp³-hybridized carbons (Fsp3) is 0.286. The van der Waals surface area contributed by atoms with Crippen LogP contribution in [-0.2, 0) is 6.54 Å². The number of fused-ring (bicyclic) bond motifs is 1. The lowest BCUT2D eigenvalue weighted by atomic mass is 10.0. The highest BCUT2D eigenvalue weighted by molar-refractivity contribution is 6.33. The van der Waals surface area contributed by atoms with E-state index in [0.29, 0.717) is 11.6 Å². The molecule has 1 saturated heterocycles. The highest BCUT2D eigenvalue weighted by Gasteiger charge is 2.16. The molecule has 3 N–H and O–H groups in total. The molecule has 2 aromatic carbocycles. The van der Waals surface area contributed by atoms with Gasteiger partial charge in [0.05, 0.1) is 17.6 Å². The Morgan fingerprint density at radius 2 is 1.76 bits per heavy atom. The summed E-state index contributed by atoms with van der Waals surface area (Å²) in [4.78, 5) is 7.06. The number of benzene rings is 2. The Morgan fingerprint density at radius 3 is 2.45 bits per heavy atom. The minimum atomic E-state index is 0. The third kappa shape index (κ3) is 4.87. The zero-order valence-electron chi connectivity index (χ0n) is 16.2. The maximum atomic E-state index is 6.56. The van der Waals surface area contributed by atoms with Crippen molar-refractivity contribution < 1.29 is 4.74 Å². The van der Waals surface area contributed by atoms with E-state index >= 15 is 0 Å². The van der Waals surface area contributed by atoms with Gasteiger partial charge in [0.1, 0.15) is 11.6 Å². The van der Waals surface area contributed by atoms with Gasteiger partial charge in [-0.25, -0.2) is 4.98 Å². The van der Waals surface area contributed by atoms with Gasteiger partial charge in [-0.1, -0.05) is 23.7 Å². The molecule has 0 radical (unpaired) electrons. The molecule has 3 aromatic rings. The topological polar surface area (TPSA) is 63.4 Å². The largest absolute Gasteiger partial charge is 0.496 e. The number of ether oxygens (including phenoxy) is 1. The standard InChI is InChI=1S/C21H23ClN4O.2ClH/c1-27-20-5-3-15(11-17(20)13-23)14-2-4-19-16(10-14)12-18(22)21(25-19)26-8-6-24-7-9-26;;/h2-5,10-12,24H,6-9,13,23H2,1H3;2*1H. The lowest BCUT2D eigenvalue weighted by Gasteiger charge is -2.29. The van der Waals surface area contributed by atoms with E-state index in [-0.39, 0.29) is 24.8 Å². The fourth-order valence-electron chi connectivity index (χ4n) is 3.54. The molecule has 29 heavy (non-hydrogen) atoms. The summed E-state index contributed by atoms with van der Waals surface area (Å²) < 4.78 is 5.37. The molecular weight excluding hydrogens is 431 g/mol. The zero-order chi connectivity index (χ0) is 18.8. The van der Waals surface area contributed by atoms with Crippen LogP contribution in [0, 0.1) is 0 Å². The number of pyridine rings is 1. The van der Waals surface area contributed by atoms with E-state index in [1.165, 1.54) is 0 Å². The van der Waals surface area contributed by atoms with Crippen molar-refractivity contribution in [2.75, 3.05) is 38.2 Å². The van der Waals surface area contributed by atoms with Crippen LogP contribution in [0.1, 0.15) is 5.56 Å². The quantitative estimate of drug-likeness (QED) is 0.615. The van der Waals surface area contributed by atoms with Crippen LogP contribution < -0.4 is 20.7 Å². The molecule has 0 amide bonds. The van der Waals surface area contributed by atoms with Crippen molar-refractivity contribution in [3.8, 4) is 16.9 Å². The molecule has 0 aliphatic carbocycles. The van der Waals surface area contributed by atoms with Crippen molar-refractivity contribution >= 4 is 53.1 Å². The number of methoxy groups -OCH3 is 1. The normalized spacial score (nSPS) is 13.6. The molecule has 0 saturated carbocycles. The molecule has 0 bridgehead atoms. The van der Waals surface area contributed by atoms with E-state index in [2.05, 4.69) is 34.5 Å². The summed E-state index contributed by atoms with van der Waals surface area (Å²) in [6.07, 6.45) is 0. The number of hydrogen-bond acceptors (Lipinski definition) is 5. The molecule has 0 atom stereocenters. The Labute approximate surface area is 188 Å². The molecule has 156 valence electrons.